The summed E-state index contributed by atoms with van der Waals surface area (Å²) in [5, 5.41) is -0.123. The molecule has 6 heteroatoms. The number of benzene rings is 1. The minimum absolute atomic E-state index is 0.159. The molecular weight excluding hydrogens is 285 g/mol. The predicted molar refractivity (Wildman–Crippen MR) is 77.6 cm³/mol. The van der Waals surface area contributed by atoms with E-state index in [0.29, 0.717) is 17.0 Å². The van der Waals surface area contributed by atoms with Crippen molar-refractivity contribution < 1.29 is 12.8 Å². The third-order valence-electron chi connectivity index (χ3n) is 3.43. The Labute approximate surface area is 117 Å². The highest BCUT2D eigenvalue weighted by Crippen LogP contribution is 2.37. The van der Waals surface area contributed by atoms with Gasteiger partial charge in [0, 0.05) is 22.1 Å². The molecule has 0 aliphatic heterocycles. The molecule has 1 aliphatic carbocycles. The van der Waals surface area contributed by atoms with Gasteiger partial charge < -0.3 is 5.73 Å². The Morgan fingerprint density at radius 3 is 2.74 bits per heavy atom. The molecule has 0 saturated heterocycles. The van der Waals surface area contributed by atoms with Crippen molar-refractivity contribution in [2.75, 3.05) is 12.0 Å². The first-order valence-corrected chi connectivity index (χ1v) is 9.10. The van der Waals surface area contributed by atoms with Crippen LogP contribution in [0.4, 0.5) is 10.1 Å². The summed E-state index contributed by atoms with van der Waals surface area (Å²) in [7, 11) is -3.00. The molecule has 0 bridgehead atoms. The summed E-state index contributed by atoms with van der Waals surface area (Å²) in [6.07, 6.45) is 4.43. The van der Waals surface area contributed by atoms with Crippen molar-refractivity contribution in [1.29, 1.82) is 0 Å². The Kier molecular flexibility index (Phi) is 4.40. The number of thioether (sulfide) groups is 1. The Bertz CT molecular complexity index is 560. The summed E-state index contributed by atoms with van der Waals surface area (Å²) < 4.78 is 36.9. The van der Waals surface area contributed by atoms with Crippen LogP contribution in [0.15, 0.2) is 23.1 Å². The summed E-state index contributed by atoms with van der Waals surface area (Å²) in [5.41, 5.74) is 5.91. The molecule has 1 aromatic carbocycles. The van der Waals surface area contributed by atoms with Crippen LogP contribution in [0.2, 0.25) is 0 Å². The molecule has 0 heterocycles. The number of hydrogen-bond donors (Lipinski definition) is 1. The van der Waals surface area contributed by atoms with E-state index in [2.05, 4.69) is 0 Å². The first-order chi connectivity index (χ1) is 8.86. The Hall–Kier alpha value is -0.750. The maximum Gasteiger partial charge on any atom is 0.150 e. The zero-order chi connectivity index (χ0) is 14.0. The van der Waals surface area contributed by atoms with Crippen molar-refractivity contribution in [3.63, 3.8) is 0 Å². The fraction of sp³-hybridized carbons (Fsp3) is 0.538. The number of nitrogen functional groups attached to an aromatic ring is 1. The van der Waals surface area contributed by atoms with Crippen molar-refractivity contribution in [3.05, 3.63) is 24.0 Å². The normalized spacial score (nSPS) is 24.3. The standard InChI is InChI=1S/C13H18FNO2S2/c1-19(16,17)11-4-2-3-10(8-11)18-13-6-5-9(15)7-12(13)14/h5-7,10-11H,2-4,8,15H2,1H3. The SMILES string of the molecule is CS(=O)(=O)C1CCCC(Sc2ccc(N)cc2F)C1. The highest BCUT2D eigenvalue weighted by molar-refractivity contribution is 8.00. The summed E-state index contributed by atoms with van der Waals surface area (Å²) in [6.45, 7) is 0. The first-order valence-electron chi connectivity index (χ1n) is 6.27. The molecule has 2 atom stereocenters. The summed E-state index contributed by atoms with van der Waals surface area (Å²) in [6, 6.07) is 4.64. The number of sulfone groups is 1. The fourth-order valence-corrected chi connectivity index (χ4v) is 4.98. The maximum atomic E-state index is 13.7. The predicted octanol–water partition coefficient (Wildman–Crippen LogP) is 2.86. The quantitative estimate of drug-likeness (QED) is 0.872. The molecule has 0 aromatic heterocycles. The summed E-state index contributed by atoms with van der Waals surface area (Å²) >= 11 is 1.42. The third kappa shape index (κ3) is 3.86. The van der Waals surface area contributed by atoms with Crippen LogP contribution in [-0.2, 0) is 9.84 Å². The van der Waals surface area contributed by atoms with E-state index < -0.39 is 9.84 Å². The van der Waals surface area contributed by atoms with Crippen LogP contribution >= 0.6 is 11.8 Å². The van der Waals surface area contributed by atoms with Crippen LogP contribution in [0.25, 0.3) is 0 Å². The van der Waals surface area contributed by atoms with Gasteiger partial charge in [0.15, 0.2) is 0 Å². The average molecular weight is 303 g/mol. The van der Waals surface area contributed by atoms with Crippen molar-refractivity contribution in [1.82, 2.24) is 0 Å². The van der Waals surface area contributed by atoms with E-state index >= 15 is 0 Å². The smallest absolute Gasteiger partial charge is 0.150 e. The van der Waals surface area contributed by atoms with E-state index in [1.165, 1.54) is 24.1 Å². The van der Waals surface area contributed by atoms with Crippen LogP contribution in [0.1, 0.15) is 25.7 Å². The van der Waals surface area contributed by atoms with Crippen molar-refractivity contribution in [2.45, 2.75) is 41.1 Å². The van der Waals surface area contributed by atoms with Gasteiger partial charge in [-0.2, -0.15) is 0 Å². The van der Waals surface area contributed by atoms with E-state index in [1.807, 2.05) is 0 Å². The fourth-order valence-electron chi connectivity index (χ4n) is 2.39. The van der Waals surface area contributed by atoms with Crippen LogP contribution in [0.5, 0.6) is 0 Å². The second-order valence-corrected chi connectivity index (χ2v) is 8.72. The summed E-state index contributed by atoms with van der Waals surface area (Å²) in [5.74, 6) is -0.327. The second-order valence-electron chi connectivity index (χ2n) is 5.05. The highest BCUT2D eigenvalue weighted by Gasteiger charge is 2.29. The monoisotopic (exact) mass is 303 g/mol. The van der Waals surface area contributed by atoms with Gasteiger partial charge in [-0.25, -0.2) is 12.8 Å². The average Bonchev–Trinajstić information content (AvgIpc) is 2.32. The molecule has 1 aromatic rings. The molecule has 1 aliphatic rings. The minimum Gasteiger partial charge on any atom is -0.399 e. The molecule has 1 fully saturated rings. The molecule has 0 amide bonds. The zero-order valence-electron chi connectivity index (χ0n) is 10.8. The van der Waals surface area contributed by atoms with Crippen molar-refractivity contribution in [2.24, 2.45) is 0 Å². The molecule has 19 heavy (non-hydrogen) atoms. The lowest BCUT2D eigenvalue weighted by Gasteiger charge is -2.27. The van der Waals surface area contributed by atoms with Crippen LogP contribution in [0, 0.1) is 5.82 Å². The lowest BCUT2D eigenvalue weighted by atomic mass is 10.00. The Balaban J connectivity index is 2.07. The van der Waals surface area contributed by atoms with Gasteiger partial charge in [-0.1, -0.05) is 6.42 Å². The van der Waals surface area contributed by atoms with Gasteiger partial charge in [-0.3, -0.25) is 0 Å². The zero-order valence-corrected chi connectivity index (χ0v) is 12.4. The van der Waals surface area contributed by atoms with Gasteiger partial charge >= 0.3 is 0 Å². The van der Waals surface area contributed by atoms with E-state index in [-0.39, 0.29) is 16.3 Å². The molecule has 2 rings (SSSR count). The van der Waals surface area contributed by atoms with E-state index in [1.54, 1.807) is 12.1 Å². The van der Waals surface area contributed by atoms with Gasteiger partial charge in [0.25, 0.3) is 0 Å². The number of rotatable bonds is 3. The molecule has 0 radical (unpaired) electrons. The second kappa shape index (κ2) is 5.71. The topological polar surface area (TPSA) is 60.2 Å². The number of hydrogen-bond acceptors (Lipinski definition) is 4. The molecule has 0 spiro atoms. The molecule has 106 valence electrons. The number of anilines is 1. The molecular formula is C13H18FNO2S2. The largest absolute Gasteiger partial charge is 0.399 e. The highest BCUT2D eigenvalue weighted by atomic mass is 32.2. The van der Waals surface area contributed by atoms with Crippen LogP contribution < -0.4 is 5.73 Å². The third-order valence-corrected chi connectivity index (χ3v) is 6.42. The first kappa shape index (κ1) is 14.7. The van der Waals surface area contributed by atoms with Crippen LogP contribution in [0.3, 0.4) is 0 Å². The van der Waals surface area contributed by atoms with E-state index in [0.717, 1.165) is 19.3 Å². The van der Waals surface area contributed by atoms with Gasteiger partial charge in [0.05, 0.1) is 5.25 Å². The van der Waals surface area contributed by atoms with Crippen LogP contribution in [-0.4, -0.2) is 25.2 Å². The van der Waals surface area contributed by atoms with E-state index in [9.17, 15) is 12.8 Å². The molecule has 2 N–H and O–H groups in total. The van der Waals surface area contributed by atoms with Gasteiger partial charge in [0.2, 0.25) is 0 Å². The summed E-state index contributed by atoms with van der Waals surface area (Å²) in [4.78, 5) is 0.549. The minimum atomic E-state index is -3.00. The lowest BCUT2D eigenvalue weighted by Crippen LogP contribution is -2.28. The van der Waals surface area contributed by atoms with Crippen molar-refractivity contribution >= 4 is 27.3 Å². The van der Waals surface area contributed by atoms with Gasteiger partial charge in [0.1, 0.15) is 15.7 Å². The number of halogens is 1. The molecule has 1 saturated carbocycles. The number of nitrogens with two attached hydrogens (primary N) is 1. The Morgan fingerprint density at radius 1 is 1.37 bits per heavy atom. The van der Waals surface area contributed by atoms with Gasteiger partial charge in [-0.15, -0.1) is 11.8 Å². The Morgan fingerprint density at radius 2 is 2.11 bits per heavy atom. The van der Waals surface area contributed by atoms with E-state index in [4.69, 9.17) is 5.73 Å². The lowest BCUT2D eigenvalue weighted by molar-refractivity contribution is 0.494. The molecule has 2 unspecified atom stereocenters. The van der Waals surface area contributed by atoms with Crippen molar-refractivity contribution in [3.8, 4) is 0 Å². The maximum absolute atomic E-state index is 13.7. The molecule has 3 nitrogen and oxygen atoms in total. The van der Waals surface area contributed by atoms with Gasteiger partial charge in [-0.05, 0) is 37.5 Å².